The third kappa shape index (κ3) is 2.79. The molecule has 1 aliphatic carbocycles. The van der Waals surface area contributed by atoms with Crippen LogP contribution in [0.15, 0.2) is 12.3 Å². The first-order valence-corrected chi connectivity index (χ1v) is 6.14. The molecule has 0 radical (unpaired) electrons. The molecule has 2 unspecified atom stereocenters. The molecule has 1 fully saturated rings. The van der Waals surface area contributed by atoms with Crippen LogP contribution in [0.1, 0.15) is 29.6 Å². The van der Waals surface area contributed by atoms with E-state index in [9.17, 15) is 9.18 Å². The molecule has 1 aliphatic rings. The highest BCUT2D eigenvalue weighted by Crippen LogP contribution is 2.22. The molecular formula is C12H14ClFN2O2. The Labute approximate surface area is 109 Å². The quantitative estimate of drug-likeness (QED) is 0.858. The molecule has 6 heteroatoms. The Morgan fingerprint density at radius 1 is 1.61 bits per heavy atom. The minimum Gasteiger partial charge on any atom is -0.379 e. The van der Waals surface area contributed by atoms with Crippen LogP contribution in [0.2, 0.25) is 5.15 Å². The van der Waals surface area contributed by atoms with Gasteiger partial charge in [-0.2, -0.15) is 0 Å². The fraction of sp³-hybridized carbons (Fsp3) is 0.500. The Morgan fingerprint density at radius 2 is 2.39 bits per heavy atom. The Hall–Kier alpha value is -1.20. The third-order valence-corrected chi connectivity index (χ3v) is 3.42. The first kappa shape index (κ1) is 13.2. The highest BCUT2D eigenvalue weighted by atomic mass is 35.5. The SMILES string of the molecule is COC1CCCC1NC(=O)c1cc(F)cnc1Cl. The summed E-state index contributed by atoms with van der Waals surface area (Å²) in [4.78, 5) is 15.6. The van der Waals surface area contributed by atoms with E-state index in [-0.39, 0.29) is 22.9 Å². The smallest absolute Gasteiger partial charge is 0.254 e. The van der Waals surface area contributed by atoms with Crippen LogP contribution in [-0.4, -0.2) is 30.1 Å². The molecule has 0 bridgehead atoms. The molecule has 4 nitrogen and oxygen atoms in total. The average Bonchev–Trinajstić information content (AvgIpc) is 2.79. The normalized spacial score (nSPS) is 23.1. The van der Waals surface area contributed by atoms with Gasteiger partial charge in [0, 0.05) is 7.11 Å². The zero-order chi connectivity index (χ0) is 13.1. The predicted octanol–water partition coefficient (Wildman–Crippen LogP) is 2.17. The van der Waals surface area contributed by atoms with E-state index in [2.05, 4.69) is 10.3 Å². The zero-order valence-corrected chi connectivity index (χ0v) is 10.7. The van der Waals surface area contributed by atoms with Crippen LogP contribution in [-0.2, 0) is 4.74 Å². The number of carbonyl (C=O) groups is 1. The average molecular weight is 273 g/mol. The lowest BCUT2D eigenvalue weighted by atomic mass is 10.2. The fourth-order valence-electron chi connectivity index (χ4n) is 2.20. The Morgan fingerprint density at radius 3 is 3.11 bits per heavy atom. The van der Waals surface area contributed by atoms with E-state index < -0.39 is 11.7 Å². The van der Waals surface area contributed by atoms with Gasteiger partial charge >= 0.3 is 0 Å². The van der Waals surface area contributed by atoms with Gasteiger partial charge in [-0.25, -0.2) is 9.37 Å². The molecule has 1 amide bonds. The number of amides is 1. The van der Waals surface area contributed by atoms with Crippen molar-refractivity contribution in [1.29, 1.82) is 0 Å². The molecule has 0 saturated heterocycles. The van der Waals surface area contributed by atoms with Gasteiger partial charge in [0.15, 0.2) is 0 Å². The number of halogens is 2. The first-order chi connectivity index (χ1) is 8.61. The minimum atomic E-state index is -0.584. The number of hydrogen-bond acceptors (Lipinski definition) is 3. The molecule has 1 saturated carbocycles. The summed E-state index contributed by atoms with van der Waals surface area (Å²) in [5.74, 6) is -1.000. The monoisotopic (exact) mass is 272 g/mol. The second-order valence-electron chi connectivity index (χ2n) is 4.28. The van der Waals surface area contributed by atoms with Crippen molar-refractivity contribution >= 4 is 17.5 Å². The van der Waals surface area contributed by atoms with Crippen LogP contribution < -0.4 is 5.32 Å². The maximum absolute atomic E-state index is 13.0. The molecule has 1 N–H and O–H groups in total. The zero-order valence-electron chi connectivity index (χ0n) is 9.95. The van der Waals surface area contributed by atoms with Crippen LogP contribution in [0.4, 0.5) is 4.39 Å². The van der Waals surface area contributed by atoms with Crippen molar-refractivity contribution in [3.05, 3.63) is 28.8 Å². The van der Waals surface area contributed by atoms with Crippen LogP contribution in [0, 0.1) is 5.82 Å². The number of nitrogens with zero attached hydrogens (tertiary/aromatic N) is 1. The van der Waals surface area contributed by atoms with E-state index in [0.29, 0.717) is 0 Å². The molecular weight excluding hydrogens is 259 g/mol. The molecule has 98 valence electrons. The summed E-state index contributed by atoms with van der Waals surface area (Å²) in [6, 6.07) is 1.03. The summed E-state index contributed by atoms with van der Waals surface area (Å²) in [6.45, 7) is 0. The number of rotatable bonds is 3. The van der Waals surface area contributed by atoms with Crippen LogP contribution in [0.5, 0.6) is 0 Å². The number of methoxy groups -OCH3 is 1. The maximum Gasteiger partial charge on any atom is 0.254 e. The highest BCUT2D eigenvalue weighted by Gasteiger charge is 2.29. The fourth-order valence-corrected chi connectivity index (χ4v) is 2.39. The van der Waals surface area contributed by atoms with Crippen molar-refractivity contribution in [3.8, 4) is 0 Å². The van der Waals surface area contributed by atoms with Gasteiger partial charge in [0.1, 0.15) is 11.0 Å². The molecule has 1 heterocycles. The van der Waals surface area contributed by atoms with Crippen molar-refractivity contribution in [2.75, 3.05) is 7.11 Å². The summed E-state index contributed by atoms with van der Waals surface area (Å²) < 4.78 is 18.3. The van der Waals surface area contributed by atoms with Gasteiger partial charge in [-0.15, -0.1) is 0 Å². The van der Waals surface area contributed by atoms with E-state index in [1.165, 1.54) is 0 Å². The summed E-state index contributed by atoms with van der Waals surface area (Å²) in [5.41, 5.74) is 0.0541. The van der Waals surface area contributed by atoms with Gasteiger partial charge in [-0.05, 0) is 25.3 Å². The van der Waals surface area contributed by atoms with Crippen molar-refractivity contribution in [3.63, 3.8) is 0 Å². The van der Waals surface area contributed by atoms with Gasteiger partial charge in [-0.3, -0.25) is 4.79 Å². The molecule has 0 spiro atoms. The Balaban J connectivity index is 2.09. The largest absolute Gasteiger partial charge is 0.379 e. The molecule has 18 heavy (non-hydrogen) atoms. The van der Waals surface area contributed by atoms with Gasteiger partial charge in [0.25, 0.3) is 5.91 Å². The molecule has 1 aromatic heterocycles. The summed E-state index contributed by atoms with van der Waals surface area (Å²) >= 11 is 5.78. The molecule has 2 atom stereocenters. The maximum atomic E-state index is 13.0. The summed E-state index contributed by atoms with van der Waals surface area (Å²) in [5, 5.41) is 2.81. The third-order valence-electron chi connectivity index (χ3n) is 3.12. The van der Waals surface area contributed by atoms with Crippen molar-refractivity contribution in [1.82, 2.24) is 10.3 Å². The molecule has 0 aliphatic heterocycles. The highest BCUT2D eigenvalue weighted by molar-refractivity contribution is 6.32. The lowest BCUT2D eigenvalue weighted by molar-refractivity contribution is 0.0722. The Bertz CT molecular complexity index is 456. The van der Waals surface area contributed by atoms with Crippen molar-refractivity contribution in [2.45, 2.75) is 31.4 Å². The van der Waals surface area contributed by atoms with Gasteiger partial charge < -0.3 is 10.1 Å². The van der Waals surface area contributed by atoms with E-state index in [1.54, 1.807) is 7.11 Å². The summed E-state index contributed by atoms with van der Waals surface area (Å²) in [7, 11) is 1.62. The molecule has 2 rings (SSSR count). The van der Waals surface area contributed by atoms with E-state index >= 15 is 0 Å². The van der Waals surface area contributed by atoms with Gasteiger partial charge in [0.2, 0.25) is 0 Å². The van der Waals surface area contributed by atoms with E-state index in [4.69, 9.17) is 16.3 Å². The summed E-state index contributed by atoms with van der Waals surface area (Å²) in [6.07, 6.45) is 3.75. The van der Waals surface area contributed by atoms with Crippen molar-refractivity contribution in [2.24, 2.45) is 0 Å². The second-order valence-corrected chi connectivity index (χ2v) is 4.63. The molecule has 0 aromatic carbocycles. The Kier molecular flexibility index (Phi) is 4.14. The lowest BCUT2D eigenvalue weighted by Gasteiger charge is -2.19. The number of aromatic nitrogens is 1. The van der Waals surface area contributed by atoms with Crippen LogP contribution in [0.3, 0.4) is 0 Å². The predicted molar refractivity (Wildman–Crippen MR) is 65.1 cm³/mol. The first-order valence-electron chi connectivity index (χ1n) is 5.76. The number of ether oxygens (including phenoxy) is 1. The number of carbonyl (C=O) groups excluding carboxylic acids is 1. The van der Waals surface area contributed by atoms with E-state index in [1.807, 2.05) is 0 Å². The van der Waals surface area contributed by atoms with E-state index in [0.717, 1.165) is 31.5 Å². The number of hydrogen-bond donors (Lipinski definition) is 1. The van der Waals surface area contributed by atoms with Crippen molar-refractivity contribution < 1.29 is 13.9 Å². The molecule has 1 aromatic rings. The topological polar surface area (TPSA) is 51.2 Å². The second kappa shape index (κ2) is 5.63. The van der Waals surface area contributed by atoms with Gasteiger partial charge in [0.05, 0.1) is 23.9 Å². The number of pyridine rings is 1. The minimum absolute atomic E-state index is 0.000800. The van der Waals surface area contributed by atoms with Gasteiger partial charge in [-0.1, -0.05) is 11.6 Å². The number of nitrogens with one attached hydrogen (secondary N) is 1. The lowest BCUT2D eigenvalue weighted by Crippen LogP contribution is -2.40. The standard InChI is InChI=1S/C12H14ClFN2O2/c1-18-10-4-2-3-9(10)16-12(17)8-5-7(14)6-15-11(8)13/h5-6,9-10H,2-4H2,1H3,(H,16,17). The van der Waals surface area contributed by atoms with Crippen LogP contribution in [0.25, 0.3) is 0 Å². The van der Waals surface area contributed by atoms with Crippen LogP contribution >= 0.6 is 11.6 Å².